The average molecular weight is 285 g/mol. The molecule has 0 spiro atoms. The third kappa shape index (κ3) is 2.88. The lowest BCUT2D eigenvalue weighted by molar-refractivity contribution is 0.0697. The molecule has 0 amide bonds. The largest absolute Gasteiger partial charge is 0.478 e. The summed E-state index contributed by atoms with van der Waals surface area (Å²) in [4.78, 5) is 10.7. The quantitative estimate of drug-likeness (QED) is 0.936. The maximum atomic E-state index is 10.7. The van der Waals surface area contributed by atoms with E-state index in [0.29, 0.717) is 5.75 Å². The number of carboxylic acid groups (broad SMARTS) is 1. The van der Waals surface area contributed by atoms with Crippen molar-refractivity contribution in [2.24, 2.45) is 0 Å². The van der Waals surface area contributed by atoms with Crippen LogP contribution >= 0.6 is 23.2 Å². The number of aromatic nitrogens is 2. The molecule has 0 fully saturated rings. The van der Waals surface area contributed by atoms with Gasteiger partial charge in [0.1, 0.15) is 5.75 Å². The Balaban J connectivity index is 2.23. The van der Waals surface area contributed by atoms with Gasteiger partial charge < -0.3 is 9.84 Å². The van der Waals surface area contributed by atoms with E-state index in [1.54, 1.807) is 0 Å². The molecule has 2 aromatic rings. The Morgan fingerprint density at radius 3 is 2.44 bits per heavy atom. The molecule has 0 saturated heterocycles. The lowest BCUT2D eigenvalue weighted by atomic mass is 10.2. The Bertz CT molecular complexity index is 587. The van der Waals surface area contributed by atoms with Crippen LogP contribution in [0.3, 0.4) is 0 Å². The number of rotatable bonds is 3. The van der Waals surface area contributed by atoms with Gasteiger partial charge in [0.15, 0.2) is 16.1 Å². The van der Waals surface area contributed by atoms with E-state index in [4.69, 9.17) is 33.0 Å². The molecule has 5 nitrogen and oxygen atoms in total. The molecular formula is C11H6Cl2N2O3. The highest BCUT2D eigenvalue weighted by atomic mass is 35.5. The molecule has 0 radical (unpaired) electrons. The Kier molecular flexibility index (Phi) is 3.64. The minimum absolute atomic E-state index is 0.0710. The summed E-state index contributed by atoms with van der Waals surface area (Å²) < 4.78 is 5.41. The van der Waals surface area contributed by atoms with Gasteiger partial charge in [-0.25, -0.2) is 4.79 Å². The first-order valence-electron chi connectivity index (χ1n) is 4.76. The van der Waals surface area contributed by atoms with Crippen molar-refractivity contribution >= 4 is 29.2 Å². The number of aromatic carboxylic acids is 1. The van der Waals surface area contributed by atoms with Crippen molar-refractivity contribution in [3.05, 3.63) is 46.2 Å². The minimum atomic E-state index is -1.01. The molecular weight excluding hydrogens is 279 g/mol. The molecule has 0 unspecified atom stereocenters. The van der Waals surface area contributed by atoms with Gasteiger partial charge >= 0.3 is 5.97 Å². The molecule has 0 saturated carbocycles. The van der Waals surface area contributed by atoms with Gasteiger partial charge in [0.05, 0.1) is 5.56 Å². The molecule has 92 valence electrons. The number of carboxylic acids is 1. The van der Waals surface area contributed by atoms with Gasteiger partial charge in [-0.2, -0.15) is 0 Å². The molecule has 0 atom stereocenters. The summed E-state index contributed by atoms with van der Waals surface area (Å²) in [6, 6.07) is 7.27. The highest BCUT2D eigenvalue weighted by Crippen LogP contribution is 2.28. The van der Waals surface area contributed by atoms with E-state index in [2.05, 4.69) is 10.2 Å². The zero-order valence-corrected chi connectivity index (χ0v) is 10.3. The molecule has 1 N–H and O–H groups in total. The predicted octanol–water partition coefficient (Wildman–Crippen LogP) is 3.27. The van der Waals surface area contributed by atoms with Crippen LogP contribution in [0, 0.1) is 0 Å². The first kappa shape index (κ1) is 12.6. The Morgan fingerprint density at radius 1 is 1.17 bits per heavy atom. The van der Waals surface area contributed by atoms with Crippen LogP contribution in [-0.4, -0.2) is 21.3 Å². The molecule has 0 bridgehead atoms. The highest BCUT2D eigenvalue weighted by molar-refractivity contribution is 6.32. The first-order chi connectivity index (χ1) is 8.56. The van der Waals surface area contributed by atoms with Crippen LogP contribution in [0.4, 0.5) is 0 Å². The van der Waals surface area contributed by atoms with Crippen molar-refractivity contribution in [2.75, 3.05) is 0 Å². The van der Waals surface area contributed by atoms with Crippen LogP contribution in [-0.2, 0) is 0 Å². The number of nitrogens with zero attached hydrogens (tertiary/aromatic N) is 2. The third-order valence-electron chi connectivity index (χ3n) is 2.02. The molecule has 1 heterocycles. The van der Waals surface area contributed by atoms with Crippen LogP contribution < -0.4 is 4.74 Å². The second kappa shape index (κ2) is 5.20. The smallest absolute Gasteiger partial charge is 0.335 e. The summed E-state index contributed by atoms with van der Waals surface area (Å²) in [5.41, 5.74) is 0.166. The number of benzene rings is 1. The molecule has 0 aliphatic carbocycles. The second-order valence-electron chi connectivity index (χ2n) is 3.25. The third-order valence-corrected chi connectivity index (χ3v) is 2.46. The van der Waals surface area contributed by atoms with Crippen molar-refractivity contribution in [3.63, 3.8) is 0 Å². The first-order valence-corrected chi connectivity index (χ1v) is 5.52. The number of ether oxygens (including phenoxy) is 1. The fourth-order valence-corrected chi connectivity index (χ4v) is 1.47. The molecule has 0 aliphatic heterocycles. The number of halogens is 2. The molecule has 18 heavy (non-hydrogen) atoms. The zero-order chi connectivity index (χ0) is 13.1. The van der Waals surface area contributed by atoms with Gasteiger partial charge in [-0.15, -0.1) is 10.2 Å². The van der Waals surface area contributed by atoms with Crippen molar-refractivity contribution in [2.45, 2.75) is 0 Å². The van der Waals surface area contributed by atoms with Crippen molar-refractivity contribution in [1.82, 2.24) is 10.2 Å². The minimum Gasteiger partial charge on any atom is -0.478 e. The zero-order valence-electron chi connectivity index (χ0n) is 8.80. The van der Waals surface area contributed by atoms with Crippen LogP contribution in [0.1, 0.15) is 10.4 Å². The van der Waals surface area contributed by atoms with E-state index < -0.39 is 5.97 Å². The summed E-state index contributed by atoms with van der Waals surface area (Å²) in [6.07, 6.45) is 0. The maximum Gasteiger partial charge on any atom is 0.335 e. The molecule has 0 aliphatic rings. The van der Waals surface area contributed by atoms with Gasteiger partial charge in [0, 0.05) is 6.07 Å². The van der Waals surface area contributed by atoms with E-state index in [-0.39, 0.29) is 21.6 Å². The van der Waals surface area contributed by atoms with Crippen LogP contribution in [0.15, 0.2) is 30.3 Å². The van der Waals surface area contributed by atoms with Gasteiger partial charge in [-0.05, 0) is 24.3 Å². The standard InChI is InChI=1S/C11H6Cl2N2O3/c12-9-5-8(10(13)15-14-9)18-7-3-1-6(2-4-7)11(16)17/h1-5H,(H,16,17). The lowest BCUT2D eigenvalue weighted by Crippen LogP contribution is -1.95. The van der Waals surface area contributed by atoms with Crippen LogP contribution in [0.5, 0.6) is 11.5 Å². The molecule has 1 aromatic heterocycles. The second-order valence-corrected chi connectivity index (χ2v) is 4.00. The van der Waals surface area contributed by atoms with Crippen molar-refractivity contribution < 1.29 is 14.6 Å². The normalized spacial score (nSPS) is 10.1. The fourth-order valence-electron chi connectivity index (χ4n) is 1.20. The van der Waals surface area contributed by atoms with E-state index >= 15 is 0 Å². The molecule has 2 rings (SSSR count). The predicted molar refractivity (Wildman–Crippen MR) is 65.5 cm³/mol. The van der Waals surface area contributed by atoms with Crippen LogP contribution in [0.2, 0.25) is 10.3 Å². The van der Waals surface area contributed by atoms with E-state index in [9.17, 15) is 4.79 Å². The number of carbonyl (C=O) groups is 1. The Morgan fingerprint density at radius 2 is 1.83 bits per heavy atom. The SMILES string of the molecule is O=C(O)c1ccc(Oc2cc(Cl)nnc2Cl)cc1. The lowest BCUT2D eigenvalue weighted by Gasteiger charge is -2.06. The topological polar surface area (TPSA) is 72.3 Å². The van der Waals surface area contributed by atoms with Gasteiger partial charge in [0.2, 0.25) is 0 Å². The monoisotopic (exact) mass is 284 g/mol. The molecule has 1 aromatic carbocycles. The summed E-state index contributed by atoms with van der Waals surface area (Å²) in [7, 11) is 0. The molecule has 7 heteroatoms. The van der Waals surface area contributed by atoms with E-state index in [1.807, 2.05) is 0 Å². The van der Waals surface area contributed by atoms with E-state index in [1.165, 1.54) is 30.3 Å². The fraction of sp³-hybridized carbons (Fsp3) is 0. The maximum absolute atomic E-state index is 10.7. The number of hydrogen-bond acceptors (Lipinski definition) is 4. The summed E-state index contributed by atoms with van der Waals surface area (Å²) in [5.74, 6) is -0.334. The van der Waals surface area contributed by atoms with E-state index in [0.717, 1.165) is 0 Å². The van der Waals surface area contributed by atoms with Crippen molar-refractivity contribution in [3.8, 4) is 11.5 Å². The summed E-state index contributed by atoms with van der Waals surface area (Å²) in [6.45, 7) is 0. The highest BCUT2D eigenvalue weighted by Gasteiger charge is 2.08. The Labute approximate surface area is 112 Å². The summed E-state index contributed by atoms with van der Waals surface area (Å²) in [5, 5.41) is 16.1. The van der Waals surface area contributed by atoms with Gasteiger partial charge in [-0.1, -0.05) is 23.2 Å². The number of hydrogen-bond donors (Lipinski definition) is 1. The Hall–Kier alpha value is -1.85. The van der Waals surface area contributed by atoms with Crippen LogP contribution in [0.25, 0.3) is 0 Å². The van der Waals surface area contributed by atoms with Gasteiger partial charge in [0.25, 0.3) is 0 Å². The summed E-state index contributed by atoms with van der Waals surface area (Å²) >= 11 is 11.4. The van der Waals surface area contributed by atoms with Gasteiger partial charge in [-0.3, -0.25) is 0 Å². The average Bonchev–Trinajstić information content (AvgIpc) is 2.34. The van der Waals surface area contributed by atoms with Crippen molar-refractivity contribution in [1.29, 1.82) is 0 Å².